The van der Waals surface area contributed by atoms with E-state index in [1.807, 2.05) is 19.9 Å². The molecule has 1 amide bonds. The van der Waals surface area contributed by atoms with Crippen molar-refractivity contribution in [3.63, 3.8) is 0 Å². The molecule has 0 aromatic heterocycles. The van der Waals surface area contributed by atoms with Gasteiger partial charge >= 0.3 is 17.9 Å². The molecular weight excluding hydrogens is 506 g/mol. The summed E-state index contributed by atoms with van der Waals surface area (Å²) in [6.45, 7) is 7.07. The highest BCUT2D eigenvalue weighted by molar-refractivity contribution is 5.97. The van der Waals surface area contributed by atoms with Gasteiger partial charge in [-0.15, -0.1) is 0 Å². The Hall–Kier alpha value is -2.98. The molecule has 0 spiro atoms. The Morgan fingerprint density at radius 2 is 1.64 bits per heavy atom. The van der Waals surface area contributed by atoms with Crippen LogP contribution in [0.3, 0.4) is 0 Å². The highest BCUT2D eigenvalue weighted by Gasteiger charge is 2.58. The second kappa shape index (κ2) is 15.6. The molecule has 0 aromatic carbocycles. The fraction of sp³-hybridized carbons (Fsp3) is 0.655. The summed E-state index contributed by atoms with van der Waals surface area (Å²) in [4.78, 5) is 48.7. The molecule has 1 aliphatic heterocycles. The first-order valence-electron chi connectivity index (χ1n) is 13.3. The van der Waals surface area contributed by atoms with Crippen LogP contribution in [0, 0.1) is 5.92 Å². The van der Waals surface area contributed by atoms with Crippen LogP contribution in [0.2, 0.25) is 0 Å². The molecule has 39 heavy (non-hydrogen) atoms. The molecule has 0 unspecified atom stereocenters. The number of ether oxygens (including phenoxy) is 2. The largest absolute Gasteiger partial charge is 0.480 e. The number of esters is 2. The molecule has 1 rings (SSSR count). The van der Waals surface area contributed by atoms with E-state index in [2.05, 4.69) is 28.5 Å². The summed E-state index contributed by atoms with van der Waals surface area (Å²) in [6, 6.07) is 0. The molecule has 0 radical (unpaired) electrons. The van der Waals surface area contributed by atoms with E-state index in [0.29, 0.717) is 31.4 Å². The van der Waals surface area contributed by atoms with E-state index in [1.54, 1.807) is 0 Å². The zero-order valence-electron chi connectivity index (χ0n) is 24.1. The van der Waals surface area contributed by atoms with Gasteiger partial charge < -0.3 is 29.7 Å². The maximum atomic E-state index is 12.3. The van der Waals surface area contributed by atoms with Gasteiger partial charge in [0.2, 0.25) is 11.5 Å². The number of carboxylic acid groups (broad SMARTS) is 1. The number of carbonyl (C=O) groups is 4. The zero-order valence-corrected chi connectivity index (χ0v) is 24.1. The highest BCUT2D eigenvalue weighted by atomic mass is 16.6. The van der Waals surface area contributed by atoms with Crippen molar-refractivity contribution in [2.75, 3.05) is 27.3 Å². The number of hydrogen-bond acceptors (Lipinski definition) is 8. The SMILES string of the molecule is COC(=O)[C@@](C)(O)[C@](O)(C[C@H](C)CC/C=C(/C)CC/C=C(/C)CCCC1=CCN(CC(=O)O)C1=O)C(=O)OC. The Labute approximate surface area is 231 Å². The van der Waals surface area contributed by atoms with E-state index in [-0.39, 0.29) is 24.8 Å². The lowest BCUT2D eigenvalue weighted by Crippen LogP contribution is -2.63. The van der Waals surface area contributed by atoms with Crippen LogP contribution in [0.1, 0.15) is 79.1 Å². The number of aliphatic hydroxyl groups is 2. The van der Waals surface area contributed by atoms with E-state index in [9.17, 15) is 29.4 Å². The number of carbonyl (C=O) groups excluding carboxylic acids is 3. The minimum atomic E-state index is -2.46. The summed E-state index contributed by atoms with van der Waals surface area (Å²) < 4.78 is 9.22. The highest BCUT2D eigenvalue weighted by Crippen LogP contribution is 2.33. The van der Waals surface area contributed by atoms with Gasteiger partial charge in [-0.05, 0) is 78.1 Å². The third-order valence-corrected chi connectivity index (χ3v) is 7.20. The van der Waals surface area contributed by atoms with Gasteiger partial charge in [0.15, 0.2) is 5.60 Å². The smallest absolute Gasteiger partial charge is 0.341 e. The Morgan fingerprint density at radius 3 is 2.23 bits per heavy atom. The molecule has 0 bridgehead atoms. The van der Waals surface area contributed by atoms with E-state index >= 15 is 0 Å². The minimum Gasteiger partial charge on any atom is -0.480 e. The van der Waals surface area contributed by atoms with E-state index < -0.39 is 29.1 Å². The minimum absolute atomic E-state index is 0.170. The Bertz CT molecular complexity index is 979. The van der Waals surface area contributed by atoms with E-state index in [0.717, 1.165) is 46.8 Å². The van der Waals surface area contributed by atoms with Crippen LogP contribution in [0.15, 0.2) is 34.9 Å². The fourth-order valence-electron chi connectivity index (χ4n) is 4.65. The summed E-state index contributed by atoms with van der Waals surface area (Å²) in [5, 5.41) is 30.4. The predicted molar refractivity (Wildman–Crippen MR) is 146 cm³/mol. The van der Waals surface area contributed by atoms with Gasteiger partial charge in [-0.3, -0.25) is 9.59 Å². The van der Waals surface area contributed by atoms with Crippen molar-refractivity contribution in [1.29, 1.82) is 0 Å². The maximum absolute atomic E-state index is 12.3. The lowest BCUT2D eigenvalue weighted by molar-refractivity contribution is -0.210. The second-order valence-corrected chi connectivity index (χ2v) is 10.6. The van der Waals surface area contributed by atoms with Crippen LogP contribution in [-0.2, 0) is 28.7 Å². The Morgan fingerprint density at radius 1 is 1.05 bits per heavy atom. The van der Waals surface area contributed by atoms with Crippen molar-refractivity contribution in [3.05, 3.63) is 34.9 Å². The molecule has 3 atom stereocenters. The van der Waals surface area contributed by atoms with Crippen molar-refractivity contribution in [3.8, 4) is 0 Å². The molecule has 0 aliphatic carbocycles. The van der Waals surface area contributed by atoms with Crippen molar-refractivity contribution in [2.24, 2.45) is 5.92 Å². The van der Waals surface area contributed by atoms with Gasteiger partial charge in [-0.1, -0.05) is 36.3 Å². The van der Waals surface area contributed by atoms with E-state index in [1.165, 1.54) is 16.0 Å². The Balaban J connectivity index is 2.47. The van der Waals surface area contributed by atoms with Gasteiger partial charge in [0.25, 0.3) is 0 Å². The molecule has 10 nitrogen and oxygen atoms in total. The molecule has 1 heterocycles. The number of nitrogens with zero attached hydrogens (tertiary/aromatic N) is 1. The molecule has 3 N–H and O–H groups in total. The quantitative estimate of drug-likeness (QED) is 0.183. The Kier molecular flexibility index (Phi) is 13.6. The van der Waals surface area contributed by atoms with E-state index in [4.69, 9.17) is 5.11 Å². The number of aliphatic carboxylic acids is 1. The van der Waals surface area contributed by atoms with Crippen LogP contribution in [0.5, 0.6) is 0 Å². The summed E-state index contributed by atoms with van der Waals surface area (Å²) in [5.41, 5.74) is -1.75. The van der Waals surface area contributed by atoms with Gasteiger partial charge in [0.1, 0.15) is 6.54 Å². The number of carboxylic acids is 1. The van der Waals surface area contributed by atoms with Crippen molar-refractivity contribution in [1.82, 2.24) is 4.90 Å². The zero-order chi connectivity index (χ0) is 29.8. The van der Waals surface area contributed by atoms with Crippen LogP contribution < -0.4 is 0 Å². The monoisotopic (exact) mass is 551 g/mol. The van der Waals surface area contributed by atoms with Crippen LogP contribution in [0.4, 0.5) is 0 Å². The standard InChI is InChI=1S/C29H45NO9/c1-20(10-7-11-21(2)13-9-15-23-16-17-30(25(23)33)19-24(31)32)12-8-14-22(3)18-29(37,27(35)39-6)28(4,36)26(34)38-5/h11-12,16,22,36-37H,7-10,13-15,17-19H2,1-6H3,(H,31,32)/b20-12-,21-11-/t22-,28-,29+/m1/s1. The molecular formula is C29H45NO9. The van der Waals surface area contributed by atoms with Gasteiger partial charge in [-0.2, -0.15) is 0 Å². The summed E-state index contributed by atoms with van der Waals surface area (Å²) in [5.74, 6) is -3.60. The topological polar surface area (TPSA) is 151 Å². The molecule has 0 saturated carbocycles. The van der Waals surface area contributed by atoms with Gasteiger partial charge in [0.05, 0.1) is 14.2 Å². The number of methoxy groups -OCH3 is 2. The molecule has 0 fully saturated rings. The fourth-order valence-corrected chi connectivity index (χ4v) is 4.65. The number of allylic oxidation sites excluding steroid dienone is 4. The predicted octanol–water partition coefficient (Wildman–Crippen LogP) is 3.32. The average molecular weight is 552 g/mol. The summed E-state index contributed by atoms with van der Waals surface area (Å²) in [6.07, 6.45) is 11.4. The lowest BCUT2D eigenvalue weighted by Gasteiger charge is -2.37. The third-order valence-electron chi connectivity index (χ3n) is 7.20. The molecule has 10 heteroatoms. The van der Waals surface area contributed by atoms with Crippen LogP contribution in [-0.4, -0.2) is 82.5 Å². The first kappa shape index (κ1) is 34.0. The second-order valence-electron chi connectivity index (χ2n) is 10.6. The summed E-state index contributed by atoms with van der Waals surface area (Å²) >= 11 is 0. The normalized spacial score (nSPS) is 18.2. The van der Waals surface area contributed by atoms with Crippen LogP contribution >= 0.6 is 0 Å². The number of hydrogen-bond donors (Lipinski definition) is 3. The maximum Gasteiger partial charge on any atom is 0.341 e. The molecule has 0 saturated heterocycles. The van der Waals surface area contributed by atoms with Crippen LogP contribution in [0.25, 0.3) is 0 Å². The molecule has 220 valence electrons. The summed E-state index contributed by atoms with van der Waals surface area (Å²) in [7, 11) is 2.15. The van der Waals surface area contributed by atoms with Crippen molar-refractivity contribution in [2.45, 2.75) is 90.3 Å². The van der Waals surface area contributed by atoms with Crippen molar-refractivity contribution < 1.29 is 44.0 Å². The molecule has 0 aromatic rings. The van der Waals surface area contributed by atoms with Gasteiger partial charge in [0, 0.05) is 12.1 Å². The van der Waals surface area contributed by atoms with Crippen molar-refractivity contribution >= 4 is 23.8 Å². The first-order chi connectivity index (χ1) is 18.2. The third kappa shape index (κ3) is 9.93. The lowest BCUT2D eigenvalue weighted by atomic mass is 9.77. The first-order valence-corrected chi connectivity index (χ1v) is 13.3. The van der Waals surface area contributed by atoms with Gasteiger partial charge in [-0.25, -0.2) is 9.59 Å². The number of amides is 1. The molecule has 1 aliphatic rings. The number of rotatable bonds is 17. The average Bonchev–Trinajstić information content (AvgIpc) is 3.20.